The van der Waals surface area contributed by atoms with Crippen molar-refractivity contribution >= 4 is 73.1 Å². The van der Waals surface area contributed by atoms with Gasteiger partial charge in [-0.05, 0) is 42.5 Å². The molecule has 121 valence electrons. The van der Waals surface area contributed by atoms with Gasteiger partial charge in [0.25, 0.3) is 0 Å². The average molecular weight is 387 g/mol. The topological polar surface area (TPSA) is 71.7 Å². The molecule has 2 heterocycles. The van der Waals surface area contributed by atoms with E-state index in [2.05, 4.69) is 21.0 Å². The van der Waals surface area contributed by atoms with Gasteiger partial charge in [-0.15, -0.1) is 0 Å². The Balaban J connectivity index is 0.00000196. The van der Waals surface area contributed by atoms with Crippen LogP contribution in [0.4, 0.5) is 4.39 Å². The summed E-state index contributed by atoms with van der Waals surface area (Å²) in [7, 11) is 0. The second kappa shape index (κ2) is 8.31. The minimum atomic E-state index is -0.345. The van der Waals surface area contributed by atoms with E-state index in [9.17, 15) is 9.65 Å². The molecular weight excluding hydrogens is 378 g/mol. The molecule has 26 heavy (non-hydrogen) atoms. The molecule has 0 amide bonds. The summed E-state index contributed by atoms with van der Waals surface area (Å²) in [4.78, 5) is 13.4. The first-order valence-electron chi connectivity index (χ1n) is 7.27. The third kappa shape index (κ3) is 3.99. The van der Waals surface area contributed by atoms with Crippen LogP contribution in [0.5, 0.6) is 11.5 Å². The molecule has 4 aromatic rings. The predicted octanol–water partition coefficient (Wildman–Crippen LogP) is 4.18. The molecule has 0 spiro atoms. The quantitative estimate of drug-likeness (QED) is 0.493. The summed E-state index contributed by atoms with van der Waals surface area (Å²) >= 11 is 1.43. The Labute approximate surface area is 194 Å². The van der Waals surface area contributed by atoms with Crippen LogP contribution in [0.1, 0.15) is 5.56 Å². The van der Waals surface area contributed by atoms with Gasteiger partial charge in [0.15, 0.2) is 0 Å². The van der Waals surface area contributed by atoms with Crippen LogP contribution < -0.4 is 4.74 Å². The van der Waals surface area contributed by atoms with Gasteiger partial charge >= 0.3 is 0 Å². The molecule has 5 nitrogen and oxygen atoms in total. The van der Waals surface area contributed by atoms with E-state index in [-0.39, 0.29) is 57.2 Å². The van der Waals surface area contributed by atoms with Crippen molar-refractivity contribution in [3.63, 3.8) is 0 Å². The van der Waals surface area contributed by atoms with Gasteiger partial charge in [-0.3, -0.25) is 0 Å². The van der Waals surface area contributed by atoms with E-state index in [1.165, 1.54) is 41.9 Å². The number of ether oxygens (including phenoxy) is 1. The first-order valence-corrected chi connectivity index (χ1v) is 8.09. The SMILES string of the molecule is N#Cc1cc(-c2nc3cncnc3s2)ccc1Oc1ccc(F)cc1.[K]. The summed E-state index contributed by atoms with van der Waals surface area (Å²) in [5, 5.41) is 10.2. The van der Waals surface area contributed by atoms with Gasteiger partial charge in [0.05, 0.1) is 11.8 Å². The fraction of sp³-hybridized carbons (Fsp3) is 0. The van der Waals surface area contributed by atoms with E-state index < -0.39 is 0 Å². The van der Waals surface area contributed by atoms with Crippen molar-refractivity contribution in [1.29, 1.82) is 5.26 Å². The standard InChI is InChI=1S/C18H9FN4OS.K/c19-13-2-4-14(5-3-13)24-16-6-1-11(7-12(16)8-20)17-23-15-9-21-10-22-18(15)25-17;/h1-7,9-10H;. The summed E-state index contributed by atoms with van der Waals surface area (Å²) < 4.78 is 18.7. The number of fused-ring (bicyclic) bond motifs is 1. The van der Waals surface area contributed by atoms with E-state index >= 15 is 0 Å². The van der Waals surface area contributed by atoms with Gasteiger partial charge in [-0.1, -0.05) is 11.3 Å². The number of rotatable bonds is 3. The molecule has 8 heteroatoms. The van der Waals surface area contributed by atoms with Crippen LogP contribution in [0.25, 0.3) is 20.9 Å². The molecule has 0 N–H and O–H groups in total. The molecule has 2 aromatic heterocycles. The Morgan fingerprint density at radius 1 is 1.12 bits per heavy atom. The van der Waals surface area contributed by atoms with E-state index in [0.29, 0.717) is 22.6 Å². The van der Waals surface area contributed by atoms with E-state index in [1.807, 2.05) is 6.07 Å². The number of hydrogen-bond donors (Lipinski definition) is 0. The maximum Gasteiger partial charge on any atom is 0.147 e. The summed E-state index contributed by atoms with van der Waals surface area (Å²) in [5.41, 5.74) is 1.88. The van der Waals surface area contributed by atoms with Crippen molar-refractivity contribution in [3.05, 3.63) is 66.4 Å². The first-order chi connectivity index (χ1) is 12.2. The summed E-state index contributed by atoms with van der Waals surface area (Å²) in [5.74, 6) is 0.516. The Morgan fingerprint density at radius 3 is 2.65 bits per heavy atom. The molecule has 0 aliphatic carbocycles. The van der Waals surface area contributed by atoms with Crippen LogP contribution in [-0.2, 0) is 0 Å². The maximum atomic E-state index is 13.0. The number of nitriles is 1. The largest absolute Gasteiger partial charge is 0.456 e. The van der Waals surface area contributed by atoms with E-state index in [1.54, 1.807) is 18.3 Å². The molecule has 4 rings (SSSR count). The number of thiazole rings is 1. The number of halogens is 1. The van der Waals surface area contributed by atoms with Gasteiger partial charge in [-0.25, -0.2) is 19.3 Å². The zero-order valence-electron chi connectivity index (χ0n) is 13.7. The predicted molar refractivity (Wildman–Crippen MR) is 97.6 cm³/mol. The number of aromatic nitrogens is 3. The van der Waals surface area contributed by atoms with Crippen LogP contribution in [0.2, 0.25) is 0 Å². The van der Waals surface area contributed by atoms with Crippen LogP contribution >= 0.6 is 11.3 Å². The minimum absolute atomic E-state index is 0. The third-order valence-electron chi connectivity index (χ3n) is 3.46. The molecule has 0 fully saturated rings. The zero-order valence-corrected chi connectivity index (χ0v) is 17.6. The van der Waals surface area contributed by atoms with Crippen molar-refractivity contribution in [2.24, 2.45) is 0 Å². The van der Waals surface area contributed by atoms with Crippen molar-refractivity contribution in [1.82, 2.24) is 15.0 Å². The molecule has 0 atom stereocenters. The van der Waals surface area contributed by atoms with Crippen LogP contribution in [0.15, 0.2) is 55.0 Å². The average Bonchev–Trinajstić information content (AvgIpc) is 3.08. The Bertz CT molecular complexity index is 1080. The number of nitrogens with zero attached hydrogens (tertiary/aromatic N) is 4. The van der Waals surface area contributed by atoms with Crippen molar-refractivity contribution < 1.29 is 9.13 Å². The molecule has 2 aromatic carbocycles. The van der Waals surface area contributed by atoms with Crippen LogP contribution in [0.3, 0.4) is 0 Å². The Kier molecular flexibility index (Phi) is 6.08. The van der Waals surface area contributed by atoms with Gasteiger partial charge < -0.3 is 4.74 Å². The van der Waals surface area contributed by atoms with Crippen molar-refractivity contribution in [2.75, 3.05) is 0 Å². The maximum absolute atomic E-state index is 13.0. The van der Waals surface area contributed by atoms with E-state index in [4.69, 9.17) is 4.74 Å². The second-order valence-corrected chi connectivity index (χ2v) is 6.09. The molecule has 0 saturated carbocycles. The molecule has 0 saturated heterocycles. The smallest absolute Gasteiger partial charge is 0.147 e. The van der Waals surface area contributed by atoms with E-state index in [0.717, 1.165) is 15.4 Å². The Hall–Kier alpha value is -1.73. The Morgan fingerprint density at radius 2 is 1.92 bits per heavy atom. The second-order valence-electron chi connectivity index (χ2n) is 5.11. The molecule has 0 unspecified atom stereocenters. The molecule has 0 aliphatic rings. The normalized spacial score (nSPS) is 10.2. The fourth-order valence-corrected chi connectivity index (χ4v) is 3.16. The number of hydrogen-bond acceptors (Lipinski definition) is 6. The molecule has 0 bridgehead atoms. The zero-order chi connectivity index (χ0) is 17.2. The number of benzene rings is 2. The van der Waals surface area contributed by atoms with Gasteiger partial charge in [0, 0.05) is 56.9 Å². The summed E-state index contributed by atoms with van der Waals surface area (Å²) in [6, 6.07) is 13.0. The molecule has 0 aliphatic heterocycles. The van der Waals surface area contributed by atoms with Crippen molar-refractivity contribution in [3.8, 4) is 28.1 Å². The van der Waals surface area contributed by atoms with Crippen LogP contribution in [0, 0.1) is 17.1 Å². The van der Waals surface area contributed by atoms with Crippen molar-refractivity contribution in [2.45, 2.75) is 0 Å². The summed E-state index contributed by atoms with van der Waals surface area (Å²) in [6.45, 7) is 0. The van der Waals surface area contributed by atoms with Gasteiger partial charge in [0.1, 0.15) is 45.1 Å². The van der Waals surface area contributed by atoms with Gasteiger partial charge in [-0.2, -0.15) is 5.26 Å². The van der Waals surface area contributed by atoms with Crippen LogP contribution in [-0.4, -0.2) is 66.3 Å². The molecular formula is C18H9FKN4OS. The molecule has 1 radical (unpaired) electrons. The minimum Gasteiger partial charge on any atom is -0.456 e. The van der Waals surface area contributed by atoms with Gasteiger partial charge in [0.2, 0.25) is 0 Å². The fourth-order valence-electron chi connectivity index (χ4n) is 2.28. The third-order valence-corrected chi connectivity index (χ3v) is 4.49. The monoisotopic (exact) mass is 387 g/mol. The first kappa shape index (κ1) is 19.0. The summed E-state index contributed by atoms with van der Waals surface area (Å²) in [6.07, 6.45) is 3.13.